The number of aromatic nitrogens is 4. The molecule has 0 saturated carbocycles. The van der Waals surface area contributed by atoms with Gasteiger partial charge in [0.1, 0.15) is 0 Å². The average molecular weight is 587 g/mol. The summed E-state index contributed by atoms with van der Waals surface area (Å²) < 4.78 is 4.71. The van der Waals surface area contributed by atoms with Crippen molar-refractivity contribution in [3.05, 3.63) is 158 Å². The van der Waals surface area contributed by atoms with Gasteiger partial charge in [-0.1, -0.05) is 127 Å². The minimum Gasteiger partial charge on any atom is -0.307 e. The average Bonchev–Trinajstić information content (AvgIpc) is 3.65. The third-order valence-electron chi connectivity index (χ3n) is 9.30. The van der Waals surface area contributed by atoms with E-state index in [0.717, 1.165) is 44.4 Å². The van der Waals surface area contributed by atoms with Crippen LogP contribution in [0.25, 0.3) is 88.2 Å². The van der Waals surface area contributed by atoms with Crippen molar-refractivity contribution in [1.82, 2.24) is 19.1 Å². The van der Waals surface area contributed by atoms with Gasteiger partial charge in [0.15, 0.2) is 0 Å². The highest BCUT2D eigenvalue weighted by molar-refractivity contribution is 6.28. The summed E-state index contributed by atoms with van der Waals surface area (Å²) in [6, 6.07) is 55.8. The lowest BCUT2D eigenvalue weighted by atomic mass is 10.0. The van der Waals surface area contributed by atoms with Crippen molar-refractivity contribution in [2.45, 2.75) is 0 Å². The summed E-state index contributed by atoms with van der Waals surface area (Å²) >= 11 is 0. The smallest absolute Gasteiger partial charge is 0.235 e. The highest BCUT2D eigenvalue weighted by Gasteiger charge is 2.23. The molecule has 10 aromatic rings. The number of benzene rings is 7. The Balaban J connectivity index is 1.45. The molecule has 0 unspecified atom stereocenters. The minimum atomic E-state index is 0.658. The van der Waals surface area contributed by atoms with Crippen molar-refractivity contribution in [3.63, 3.8) is 0 Å². The lowest BCUT2D eigenvalue weighted by Crippen LogP contribution is -2.04. The molecular weight excluding hydrogens is 560 g/mol. The van der Waals surface area contributed by atoms with Crippen molar-refractivity contribution < 1.29 is 0 Å². The van der Waals surface area contributed by atoms with Crippen LogP contribution in [-0.4, -0.2) is 19.1 Å². The van der Waals surface area contributed by atoms with E-state index < -0.39 is 0 Å². The topological polar surface area (TPSA) is 35.6 Å². The van der Waals surface area contributed by atoms with Gasteiger partial charge in [-0.2, -0.15) is 0 Å². The van der Waals surface area contributed by atoms with Gasteiger partial charge in [-0.25, -0.2) is 9.97 Å². The van der Waals surface area contributed by atoms with E-state index in [-0.39, 0.29) is 0 Å². The summed E-state index contributed by atoms with van der Waals surface area (Å²) in [6.07, 6.45) is 0. The molecule has 46 heavy (non-hydrogen) atoms. The SMILES string of the molecule is c1ccc(-c2nc(-n3c4ccccc4c4ccc5c6c7ccccc7ccc6n(-c6ccccc6)c5c43)nc3ccccc23)cc1. The van der Waals surface area contributed by atoms with E-state index in [4.69, 9.17) is 9.97 Å². The number of hydrogen-bond donors (Lipinski definition) is 0. The Morgan fingerprint density at radius 2 is 1.04 bits per heavy atom. The van der Waals surface area contributed by atoms with Crippen LogP contribution in [0.1, 0.15) is 0 Å². The Morgan fingerprint density at radius 3 is 1.89 bits per heavy atom. The van der Waals surface area contributed by atoms with Gasteiger partial charge in [0.2, 0.25) is 5.95 Å². The monoisotopic (exact) mass is 586 g/mol. The molecule has 0 radical (unpaired) electrons. The summed E-state index contributed by atoms with van der Waals surface area (Å²) in [5, 5.41) is 8.31. The van der Waals surface area contributed by atoms with Crippen LogP contribution in [0.4, 0.5) is 0 Å². The van der Waals surface area contributed by atoms with Gasteiger partial charge in [0.25, 0.3) is 0 Å². The number of hydrogen-bond acceptors (Lipinski definition) is 2. The summed E-state index contributed by atoms with van der Waals surface area (Å²) in [7, 11) is 0. The molecule has 0 atom stereocenters. The van der Waals surface area contributed by atoms with Crippen molar-refractivity contribution >= 4 is 65.3 Å². The summed E-state index contributed by atoms with van der Waals surface area (Å²) in [6.45, 7) is 0. The maximum absolute atomic E-state index is 5.37. The summed E-state index contributed by atoms with van der Waals surface area (Å²) in [4.78, 5) is 10.6. The van der Waals surface area contributed by atoms with Crippen LogP contribution in [-0.2, 0) is 0 Å². The third kappa shape index (κ3) is 3.49. The molecule has 4 heteroatoms. The maximum atomic E-state index is 5.37. The van der Waals surface area contributed by atoms with Gasteiger partial charge >= 0.3 is 0 Å². The van der Waals surface area contributed by atoms with Crippen LogP contribution in [0.15, 0.2) is 158 Å². The molecular formula is C42H26N4. The normalized spacial score (nSPS) is 11.9. The summed E-state index contributed by atoms with van der Waals surface area (Å²) in [5.74, 6) is 0.658. The number of nitrogens with zero attached hydrogens (tertiary/aromatic N) is 4. The molecule has 3 heterocycles. The van der Waals surface area contributed by atoms with Crippen LogP contribution in [0.3, 0.4) is 0 Å². The Hall–Kier alpha value is -6.26. The zero-order valence-corrected chi connectivity index (χ0v) is 24.8. The fourth-order valence-electron chi connectivity index (χ4n) is 7.35. The van der Waals surface area contributed by atoms with Crippen molar-refractivity contribution in [1.29, 1.82) is 0 Å². The van der Waals surface area contributed by atoms with Crippen LogP contribution in [0.2, 0.25) is 0 Å². The second kappa shape index (κ2) is 9.62. The predicted octanol–water partition coefficient (Wildman–Crippen LogP) is 10.6. The fourth-order valence-corrected chi connectivity index (χ4v) is 7.35. The number of rotatable bonds is 3. The van der Waals surface area contributed by atoms with E-state index in [9.17, 15) is 0 Å². The molecule has 0 saturated heterocycles. The molecule has 4 nitrogen and oxygen atoms in total. The van der Waals surface area contributed by atoms with Gasteiger partial charge in [0, 0.05) is 38.2 Å². The molecule has 214 valence electrons. The first-order valence-corrected chi connectivity index (χ1v) is 15.6. The van der Waals surface area contributed by atoms with E-state index in [1.807, 2.05) is 6.07 Å². The Morgan fingerprint density at radius 1 is 0.391 bits per heavy atom. The largest absolute Gasteiger partial charge is 0.307 e. The molecule has 0 N–H and O–H groups in total. The second-order valence-corrected chi connectivity index (χ2v) is 11.8. The molecule has 7 aromatic carbocycles. The van der Waals surface area contributed by atoms with Crippen LogP contribution in [0, 0.1) is 0 Å². The molecule has 0 bridgehead atoms. The van der Waals surface area contributed by atoms with Crippen molar-refractivity contribution in [2.75, 3.05) is 0 Å². The van der Waals surface area contributed by atoms with Crippen molar-refractivity contribution in [2.24, 2.45) is 0 Å². The van der Waals surface area contributed by atoms with E-state index in [1.54, 1.807) is 0 Å². The van der Waals surface area contributed by atoms with Crippen LogP contribution in [0.5, 0.6) is 0 Å². The fraction of sp³-hybridized carbons (Fsp3) is 0. The molecule has 3 aromatic heterocycles. The molecule has 0 spiro atoms. The number of fused-ring (bicyclic) bond motifs is 10. The van der Waals surface area contributed by atoms with E-state index in [0.29, 0.717) is 5.95 Å². The maximum Gasteiger partial charge on any atom is 0.235 e. The van der Waals surface area contributed by atoms with Crippen molar-refractivity contribution in [3.8, 4) is 22.9 Å². The zero-order chi connectivity index (χ0) is 30.2. The molecule has 0 aliphatic carbocycles. The highest BCUT2D eigenvalue weighted by atomic mass is 15.2. The standard InChI is InChI=1S/C42H26N4/c1-3-14-28(15-4-1)39-33-20-9-11-21-35(33)43-42(44-39)46-36-22-12-10-19-31(36)32-24-25-34-38-30-18-8-7-13-27(30)23-26-37(38)45(41(34)40(32)46)29-16-5-2-6-17-29/h1-26H. The molecule has 10 rings (SSSR count). The first-order chi connectivity index (χ1) is 22.8. The number of para-hydroxylation sites is 3. The molecule has 0 fully saturated rings. The van der Waals surface area contributed by atoms with Gasteiger partial charge in [-0.15, -0.1) is 0 Å². The lowest BCUT2D eigenvalue weighted by Gasteiger charge is -2.13. The van der Waals surface area contributed by atoms with Crippen LogP contribution >= 0.6 is 0 Å². The second-order valence-electron chi connectivity index (χ2n) is 11.8. The Labute approximate surface area is 264 Å². The van der Waals surface area contributed by atoms with Crippen LogP contribution < -0.4 is 0 Å². The van der Waals surface area contributed by atoms with E-state index in [1.165, 1.54) is 37.8 Å². The summed E-state index contributed by atoms with van der Waals surface area (Å²) in [5.41, 5.74) is 8.52. The first kappa shape index (κ1) is 25.1. The van der Waals surface area contributed by atoms with Gasteiger partial charge in [-0.05, 0) is 41.1 Å². The molecule has 0 aliphatic heterocycles. The highest BCUT2D eigenvalue weighted by Crippen LogP contribution is 2.43. The first-order valence-electron chi connectivity index (χ1n) is 15.6. The third-order valence-corrected chi connectivity index (χ3v) is 9.30. The van der Waals surface area contributed by atoms with Gasteiger partial charge in [-0.3, -0.25) is 4.57 Å². The quantitative estimate of drug-likeness (QED) is 0.206. The molecule has 0 aliphatic rings. The lowest BCUT2D eigenvalue weighted by molar-refractivity contribution is 1.01. The predicted molar refractivity (Wildman–Crippen MR) is 191 cm³/mol. The van der Waals surface area contributed by atoms with E-state index >= 15 is 0 Å². The Kier molecular flexibility index (Phi) is 5.25. The van der Waals surface area contributed by atoms with E-state index in [2.05, 4.69) is 161 Å². The van der Waals surface area contributed by atoms with Gasteiger partial charge < -0.3 is 4.57 Å². The molecule has 0 amide bonds. The minimum absolute atomic E-state index is 0.658. The Bertz CT molecular complexity index is 2790. The van der Waals surface area contributed by atoms with Gasteiger partial charge in [0.05, 0.1) is 33.3 Å². The zero-order valence-electron chi connectivity index (χ0n) is 24.8.